The predicted molar refractivity (Wildman–Crippen MR) is 81.2 cm³/mol. The molecule has 1 N–H and O–H groups in total. The first-order chi connectivity index (χ1) is 10.9. The van der Waals surface area contributed by atoms with Crippen LogP contribution in [0.5, 0.6) is 5.75 Å². The molecule has 0 heterocycles. The first-order valence-electron chi connectivity index (χ1n) is 6.49. The van der Waals surface area contributed by atoms with Crippen molar-refractivity contribution in [3.63, 3.8) is 0 Å². The minimum absolute atomic E-state index is 0.176. The van der Waals surface area contributed by atoms with E-state index in [0.717, 1.165) is 12.1 Å². The summed E-state index contributed by atoms with van der Waals surface area (Å²) in [6.07, 6.45) is 0. The number of hydrogen-bond donors (Lipinski definition) is 1. The Hall–Kier alpha value is -2.61. The molecule has 0 aliphatic carbocycles. The topological polar surface area (TPSA) is 81.7 Å². The number of nitrogens with one attached hydrogen (secondary N) is 1. The van der Waals surface area contributed by atoms with Gasteiger partial charge >= 0.3 is 5.97 Å². The molecule has 0 radical (unpaired) electrons. The molecule has 0 saturated heterocycles. The molecule has 0 unspecified atom stereocenters. The summed E-state index contributed by atoms with van der Waals surface area (Å²) in [5, 5.41) is 0. The van der Waals surface area contributed by atoms with E-state index >= 15 is 0 Å². The second kappa shape index (κ2) is 7.10. The van der Waals surface area contributed by atoms with Crippen LogP contribution in [-0.2, 0) is 19.6 Å². The van der Waals surface area contributed by atoms with Crippen molar-refractivity contribution < 1.29 is 27.1 Å². The molecule has 23 heavy (non-hydrogen) atoms. The Morgan fingerprint density at radius 1 is 1.17 bits per heavy atom. The van der Waals surface area contributed by atoms with Crippen molar-refractivity contribution in [1.82, 2.24) is 0 Å². The summed E-state index contributed by atoms with van der Waals surface area (Å²) in [5.41, 5.74) is 0.176. The van der Waals surface area contributed by atoms with Crippen LogP contribution < -0.4 is 9.46 Å². The average Bonchev–Trinajstić information content (AvgIpc) is 2.52. The maximum Gasteiger partial charge on any atom is 0.343 e. The molecule has 2 aromatic carbocycles. The molecule has 0 amide bonds. The summed E-state index contributed by atoms with van der Waals surface area (Å²) >= 11 is 0. The fourth-order valence-electron chi connectivity index (χ4n) is 1.72. The second-order valence-corrected chi connectivity index (χ2v) is 6.08. The molecule has 0 aliphatic rings. The number of esters is 1. The van der Waals surface area contributed by atoms with Crippen LogP contribution in [0.1, 0.15) is 0 Å². The lowest BCUT2D eigenvalue weighted by Crippen LogP contribution is -2.15. The van der Waals surface area contributed by atoms with Crippen molar-refractivity contribution in [3.05, 3.63) is 54.3 Å². The van der Waals surface area contributed by atoms with Crippen molar-refractivity contribution in [3.8, 4) is 5.75 Å². The summed E-state index contributed by atoms with van der Waals surface area (Å²) in [5.74, 6) is -1.15. The molecule has 0 saturated carbocycles. The van der Waals surface area contributed by atoms with E-state index < -0.39 is 26.7 Å². The number of benzene rings is 2. The molecule has 2 rings (SSSR count). The van der Waals surface area contributed by atoms with Crippen molar-refractivity contribution in [2.75, 3.05) is 18.4 Å². The van der Waals surface area contributed by atoms with E-state index in [0.29, 0.717) is 0 Å². The average molecular weight is 339 g/mol. The highest BCUT2D eigenvalue weighted by atomic mass is 32.2. The van der Waals surface area contributed by atoms with Gasteiger partial charge in [0.1, 0.15) is 16.5 Å². The molecule has 0 bridgehead atoms. The molecule has 8 heteroatoms. The molecule has 6 nitrogen and oxygen atoms in total. The number of methoxy groups -OCH3 is 1. The van der Waals surface area contributed by atoms with Crippen LogP contribution in [-0.4, -0.2) is 28.1 Å². The number of hydrogen-bond acceptors (Lipinski definition) is 5. The molecule has 0 fully saturated rings. The largest absolute Gasteiger partial charge is 0.482 e. The summed E-state index contributed by atoms with van der Waals surface area (Å²) in [4.78, 5) is 10.6. The number of halogens is 1. The third kappa shape index (κ3) is 4.43. The van der Waals surface area contributed by atoms with Gasteiger partial charge < -0.3 is 9.47 Å². The van der Waals surface area contributed by atoms with Crippen molar-refractivity contribution in [2.45, 2.75) is 4.90 Å². The minimum atomic E-state index is -4.07. The van der Waals surface area contributed by atoms with E-state index in [1.165, 1.54) is 37.4 Å². The van der Waals surface area contributed by atoms with Crippen LogP contribution in [0, 0.1) is 5.82 Å². The van der Waals surface area contributed by atoms with E-state index in [4.69, 9.17) is 4.74 Å². The smallest absolute Gasteiger partial charge is 0.343 e. The number of carbonyl (C=O) groups excluding carboxylic acids is 1. The van der Waals surface area contributed by atoms with Crippen molar-refractivity contribution in [2.24, 2.45) is 0 Å². The number of rotatable bonds is 6. The third-order valence-electron chi connectivity index (χ3n) is 2.80. The maximum atomic E-state index is 13.6. The van der Waals surface area contributed by atoms with Gasteiger partial charge in [0.15, 0.2) is 6.61 Å². The van der Waals surface area contributed by atoms with E-state index in [9.17, 15) is 17.6 Å². The van der Waals surface area contributed by atoms with E-state index in [1.54, 1.807) is 6.07 Å². The van der Waals surface area contributed by atoms with Crippen LogP contribution in [0.4, 0.5) is 10.1 Å². The lowest BCUT2D eigenvalue weighted by molar-refractivity contribution is -0.142. The molecule has 0 aliphatic heterocycles. The second-order valence-electron chi connectivity index (χ2n) is 4.43. The molecular weight excluding hydrogens is 325 g/mol. The Balaban J connectivity index is 2.17. The Bertz CT molecular complexity index is 807. The normalized spacial score (nSPS) is 10.9. The minimum Gasteiger partial charge on any atom is -0.482 e. The van der Waals surface area contributed by atoms with Gasteiger partial charge in [-0.1, -0.05) is 18.2 Å². The van der Waals surface area contributed by atoms with Gasteiger partial charge in [-0.15, -0.1) is 0 Å². The van der Waals surface area contributed by atoms with Crippen LogP contribution in [0.25, 0.3) is 0 Å². The third-order valence-corrected chi connectivity index (χ3v) is 4.21. The van der Waals surface area contributed by atoms with Crippen LogP contribution in [0.3, 0.4) is 0 Å². The SMILES string of the molecule is COC(=O)COc1cccc(NS(=O)(=O)c2ccccc2F)c1. The number of anilines is 1. The molecule has 0 aromatic heterocycles. The molecule has 0 atom stereocenters. The highest BCUT2D eigenvalue weighted by molar-refractivity contribution is 7.92. The fourth-order valence-corrected chi connectivity index (χ4v) is 2.85. The monoisotopic (exact) mass is 339 g/mol. The summed E-state index contributed by atoms with van der Waals surface area (Å²) in [7, 11) is -2.84. The van der Waals surface area contributed by atoms with Crippen molar-refractivity contribution in [1.29, 1.82) is 0 Å². The predicted octanol–water partition coefficient (Wildman–Crippen LogP) is 2.18. The van der Waals surface area contributed by atoms with Gasteiger partial charge in [-0.2, -0.15) is 0 Å². The molecule has 2 aromatic rings. The van der Waals surface area contributed by atoms with Crippen LogP contribution >= 0.6 is 0 Å². The highest BCUT2D eigenvalue weighted by Crippen LogP contribution is 2.22. The van der Waals surface area contributed by atoms with E-state index in [2.05, 4.69) is 9.46 Å². The maximum absolute atomic E-state index is 13.6. The Morgan fingerprint density at radius 3 is 2.61 bits per heavy atom. The Labute approximate surface area is 132 Å². The first kappa shape index (κ1) is 16.8. The van der Waals surface area contributed by atoms with Gasteiger partial charge in [-0.25, -0.2) is 17.6 Å². The van der Waals surface area contributed by atoms with Gasteiger partial charge in [0.2, 0.25) is 0 Å². The van der Waals surface area contributed by atoms with Gasteiger partial charge in [0.05, 0.1) is 12.8 Å². The van der Waals surface area contributed by atoms with E-state index in [1.807, 2.05) is 0 Å². The lowest BCUT2D eigenvalue weighted by atomic mass is 10.3. The van der Waals surface area contributed by atoms with Crippen LogP contribution in [0.2, 0.25) is 0 Å². The van der Waals surface area contributed by atoms with Gasteiger partial charge in [0, 0.05) is 6.07 Å². The molecular formula is C15H14FNO5S. The summed E-state index contributed by atoms with van der Waals surface area (Å²) in [6, 6.07) is 11.0. The summed E-state index contributed by atoms with van der Waals surface area (Å²) in [6.45, 7) is -0.306. The van der Waals surface area contributed by atoms with Gasteiger partial charge in [-0.05, 0) is 24.3 Å². The van der Waals surface area contributed by atoms with Crippen LogP contribution in [0.15, 0.2) is 53.4 Å². The number of carbonyl (C=O) groups is 1. The lowest BCUT2D eigenvalue weighted by Gasteiger charge is -2.10. The standard InChI is InChI=1S/C15H14FNO5S/c1-21-15(18)10-22-12-6-4-5-11(9-12)17-23(19,20)14-8-3-2-7-13(14)16/h2-9,17H,10H2,1H3. The van der Waals surface area contributed by atoms with Crippen molar-refractivity contribution >= 4 is 21.7 Å². The molecule has 122 valence electrons. The number of ether oxygens (including phenoxy) is 2. The Kier molecular flexibility index (Phi) is 5.17. The Morgan fingerprint density at radius 2 is 1.91 bits per heavy atom. The fraction of sp³-hybridized carbons (Fsp3) is 0.133. The van der Waals surface area contributed by atoms with Gasteiger partial charge in [-0.3, -0.25) is 4.72 Å². The zero-order valence-electron chi connectivity index (χ0n) is 12.2. The molecule has 0 spiro atoms. The zero-order chi connectivity index (χ0) is 16.9. The summed E-state index contributed by atoms with van der Waals surface area (Å²) < 4.78 is 49.8. The number of sulfonamides is 1. The first-order valence-corrected chi connectivity index (χ1v) is 7.98. The highest BCUT2D eigenvalue weighted by Gasteiger charge is 2.18. The van der Waals surface area contributed by atoms with Gasteiger partial charge in [0.25, 0.3) is 10.0 Å². The van der Waals surface area contributed by atoms with E-state index in [-0.39, 0.29) is 18.0 Å². The zero-order valence-corrected chi connectivity index (χ0v) is 13.0. The quantitative estimate of drug-likeness (QED) is 0.816.